The van der Waals surface area contributed by atoms with Crippen LogP contribution in [-0.4, -0.2) is 5.75 Å². The summed E-state index contributed by atoms with van der Waals surface area (Å²) in [4.78, 5) is 1.44. The summed E-state index contributed by atoms with van der Waals surface area (Å²) in [6, 6.07) is 4.42. The summed E-state index contributed by atoms with van der Waals surface area (Å²) >= 11 is 1.94. The van der Waals surface area contributed by atoms with Crippen molar-refractivity contribution in [2.75, 3.05) is 5.75 Å². The molecule has 0 aromatic heterocycles. The van der Waals surface area contributed by atoms with E-state index in [1.807, 2.05) is 11.8 Å². The smallest absolute Gasteiger partial charge is 0.0223 e. The SMILES string of the molecule is C1=CC=c2ccc3c(c2C=C1)SCC=3. The van der Waals surface area contributed by atoms with Crippen LogP contribution in [0.1, 0.15) is 5.56 Å². The lowest BCUT2D eigenvalue weighted by Crippen LogP contribution is -2.13. The van der Waals surface area contributed by atoms with Crippen LogP contribution < -0.4 is 10.4 Å². The number of rotatable bonds is 0. The van der Waals surface area contributed by atoms with Gasteiger partial charge in [-0.05, 0) is 16.0 Å². The number of allylic oxidation sites excluding steroid dienone is 3. The van der Waals surface area contributed by atoms with Gasteiger partial charge in [-0.1, -0.05) is 48.6 Å². The molecule has 1 aromatic rings. The third-order valence-corrected chi connectivity index (χ3v) is 3.63. The third kappa shape index (κ3) is 1.17. The molecule has 1 aliphatic carbocycles. The van der Waals surface area contributed by atoms with Gasteiger partial charge < -0.3 is 0 Å². The molecule has 0 radical (unpaired) electrons. The Balaban J connectivity index is 2.42. The highest BCUT2D eigenvalue weighted by atomic mass is 32.2. The van der Waals surface area contributed by atoms with Crippen LogP contribution in [0.5, 0.6) is 0 Å². The van der Waals surface area contributed by atoms with Crippen molar-refractivity contribution in [1.29, 1.82) is 0 Å². The van der Waals surface area contributed by atoms with E-state index in [2.05, 4.69) is 48.6 Å². The van der Waals surface area contributed by atoms with Crippen molar-refractivity contribution >= 4 is 30.0 Å². The molecular formula is C13H10S. The van der Waals surface area contributed by atoms with Crippen LogP contribution in [0.15, 0.2) is 35.3 Å². The summed E-state index contributed by atoms with van der Waals surface area (Å²) in [7, 11) is 0. The van der Waals surface area contributed by atoms with E-state index in [1.165, 1.54) is 20.9 Å². The van der Waals surface area contributed by atoms with Crippen LogP contribution in [0.3, 0.4) is 0 Å². The van der Waals surface area contributed by atoms with Crippen LogP contribution in [0.4, 0.5) is 0 Å². The van der Waals surface area contributed by atoms with E-state index in [-0.39, 0.29) is 0 Å². The van der Waals surface area contributed by atoms with Crippen molar-refractivity contribution in [2.24, 2.45) is 0 Å². The van der Waals surface area contributed by atoms with Gasteiger partial charge in [-0.15, -0.1) is 11.8 Å². The largest absolute Gasteiger partial charge is 0.121 e. The van der Waals surface area contributed by atoms with E-state index in [0.717, 1.165) is 5.75 Å². The van der Waals surface area contributed by atoms with Crippen LogP contribution in [0.25, 0.3) is 18.2 Å². The predicted molar refractivity (Wildman–Crippen MR) is 63.5 cm³/mol. The average molecular weight is 198 g/mol. The first-order valence-corrected chi connectivity index (χ1v) is 5.75. The molecule has 0 spiro atoms. The zero-order valence-corrected chi connectivity index (χ0v) is 8.55. The molecule has 68 valence electrons. The number of hydrogen-bond donors (Lipinski definition) is 0. The molecule has 0 atom stereocenters. The molecule has 1 aromatic carbocycles. The minimum atomic E-state index is 1.12. The summed E-state index contributed by atoms with van der Waals surface area (Å²) in [6.45, 7) is 0. The zero-order valence-electron chi connectivity index (χ0n) is 7.73. The Morgan fingerprint density at radius 3 is 2.93 bits per heavy atom. The molecule has 0 nitrogen and oxygen atoms in total. The minimum absolute atomic E-state index is 1.12. The standard InChI is InChI=1S/C13H10S/c1-2-4-10-6-7-11-8-9-14-13(11)12(10)5-3-1/h1-8H,9H2. The maximum atomic E-state index is 2.30. The minimum Gasteiger partial charge on any atom is -0.121 e. The molecule has 0 unspecified atom stereocenters. The van der Waals surface area contributed by atoms with E-state index in [1.54, 1.807) is 0 Å². The molecule has 0 N–H and O–H groups in total. The van der Waals surface area contributed by atoms with Gasteiger partial charge >= 0.3 is 0 Å². The Hall–Kier alpha value is -1.21. The topological polar surface area (TPSA) is 0 Å². The van der Waals surface area contributed by atoms with Gasteiger partial charge in [-0.3, -0.25) is 0 Å². The zero-order chi connectivity index (χ0) is 9.38. The Morgan fingerprint density at radius 2 is 1.93 bits per heavy atom. The molecule has 1 aliphatic heterocycles. The van der Waals surface area contributed by atoms with Crippen molar-refractivity contribution in [1.82, 2.24) is 0 Å². The van der Waals surface area contributed by atoms with Crippen molar-refractivity contribution in [3.05, 3.63) is 46.4 Å². The Labute approximate surface area is 87.3 Å². The quantitative estimate of drug-likeness (QED) is 0.614. The number of benzene rings is 1. The Bertz CT molecular complexity index is 547. The van der Waals surface area contributed by atoms with E-state index in [0.29, 0.717) is 0 Å². The highest BCUT2D eigenvalue weighted by Crippen LogP contribution is 2.22. The van der Waals surface area contributed by atoms with Gasteiger partial charge in [-0.25, -0.2) is 0 Å². The average Bonchev–Trinajstić information content (AvgIpc) is 2.55. The van der Waals surface area contributed by atoms with E-state index >= 15 is 0 Å². The van der Waals surface area contributed by atoms with Crippen LogP contribution in [0, 0.1) is 0 Å². The number of hydrogen-bond acceptors (Lipinski definition) is 1. The predicted octanol–water partition coefficient (Wildman–Crippen LogP) is 1.94. The number of thioether (sulfide) groups is 1. The second-order valence-electron chi connectivity index (χ2n) is 3.41. The molecule has 2 aliphatic rings. The Kier molecular flexibility index (Phi) is 1.84. The highest BCUT2D eigenvalue weighted by Gasteiger charge is 2.08. The van der Waals surface area contributed by atoms with Gasteiger partial charge in [0.15, 0.2) is 0 Å². The van der Waals surface area contributed by atoms with Gasteiger partial charge in [-0.2, -0.15) is 0 Å². The lowest BCUT2D eigenvalue weighted by atomic mass is 10.1. The normalized spacial score (nSPS) is 16.6. The van der Waals surface area contributed by atoms with Gasteiger partial charge in [0, 0.05) is 10.6 Å². The summed E-state index contributed by atoms with van der Waals surface area (Å²) in [5.74, 6) is 1.12. The van der Waals surface area contributed by atoms with Gasteiger partial charge in [0.1, 0.15) is 0 Å². The van der Waals surface area contributed by atoms with Gasteiger partial charge in [0.05, 0.1) is 0 Å². The molecule has 1 heteroatoms. The second-order valence-corrected chi connectivity index (χ2v) is 4.44. The lowest BCUT2D eigenvalue weighted by Gasteiger charge is -2.01. The first kappa shape index (κ1) is 8.13. The van der Waals surface area contributed by atoms with Crippen molar-refractivity contribution in [2.45, 2.75) is 4.90 Å². The van der Waals surface area contributed by atoms with E-state index in [9.17, 15) is 0 Å². The first-order chi connectivity index (χ1) is 6.95. The summed E-state index contributed by atoms with van der Waals surface area (Å²) in [5.41, 5.74) is 1.38. The van der Waals surface area contributed by atoms with Crippen LogP contribution in [0.2, 0.25) is 0 Å². The molecule has 0 saturated carbocycles. The maximum Gasteiger partial charge on any atom is 0.0223 e. The fourth-order valence-electron chi connectivity index (χ4n) is 1.86. The van der Waals surface area contributed by atoms with E-state index in [4.69, 9.17) is 0 Å². The second kappa shape index (κ2) is 3.18. The lowest BCUT2D eigenvalue weighted by molar-refractivity contribution is 1.33. The van der Waals surface area contributed by atoms with Crippen LogP contribution >= 0.6 is 11.8 Å². The first-order valence-electron chi connectivity index (χ1n) is 4.76. The summed E-state index contributed by atoms with van der Waals surface area (Å²) in [5, 5.41) is 2.73. The molecular weight excluding hydrogens is 188 g/mol. The third-order valence-electron chi connectivity index (χ3n) is 2.55. The van der Waals surface area contributed by atoms with Crippen molar-refractivity contribution in [3.63, 3.8) is 0 Å². The molecule has 0 amide bonds. The highest BCUT2D eigenvalue weighted by molar-refractivity contribution is 8.00. The molecule has 14 heavy (non-hydrogen) atoms. The Morgan fingerprint density at radius 1 is 1.00 bits per heavy atom. The molecule has 3 rings (SSSR count). The molecule has 1 heterocycles. The summed E-state index contributed by atoms with van der Waals surface area (Å²) in [6.07, 6.45) is 13.0. The maximum absolute atomic E-state index is 2.30. The molecule has 0 fully saturated rings. The molecule has 0 bridgehead atoms. The summed E-state index contributed by atoms with van der Waals surface area (Å²) < 4.78 is 0. The van der Waals surface area contributed by atoms with Crippen molar-refractivity contribution < 1.29 is 0 Å². The van der Waals surface area contributed by atoms with Gasteiger partial charge in [0.2, 0.25) is 0 Å². The van der Waals surface area contributed by atoms with Crippen molar-refractivity contribution in [3.8, 4) is 0 Å². The molecule has 0 saturated heterocycles. The fourth-order valence-corrected chi connectivity index (χ4v) is 2.95. The number of fused-ring (bicyclic) bond motifs is 3. The fraction of sp³-hybridized carbons (Fsp3) is 0.0769. The monoisotopic (exact) mass is 198 g/mol. The van der Waals surface area contributed by atoms with E-state index < -0.39 is 0 Å². The van der Waals surface area contributed by atoms with Gasteiger partial charge in [0.25, 0.3) is 0 Å². The van der Waals surface area contributed by atoms with Crippen LogP contribution in [-0.2, 0) is 0 Å².